The fraction of sp³-hybridized carbons (Fsp3) is 0.333. The molecule has 4 nitrogen and oxygen atoms in total. The summed E-state index contributed by atoms with van der Waals surface area (Å²) in [7, 11) is 0. The second kappa shape index (κ2) is 4.23. The van der Waals surface area contributed by atoms with Crippen molar-refractivity contribution in [1.82, 2.24) is 9.13 Å². The second-order valence-corrected chi connectivity index (χ2v) is 5.25. The normalized spacial score (nSPS) is 14.8. The molecule has 2 aromatic rings. The van der Waals surface area contributed by atoms with E-state index in [1.807, 2.05) is 25.1 Å². The van der Waals surface area contributed by atoms with Crippen molar-refractivity contribution < 1.29 is 0 Å². The Balaban J connectivity index is 2.42. The van der Waals surface area contributed by atoms with Gasteiger partial charge in [0.15, 0.2) is 0 Å². The minimum Gasteiger partial charge on any atom is -0.289 e. The van der Waals surface area contributed by atoms with E-state index in [2.05, 4.69) is 6.58 Å². The summed E-state index contributed by atoms with van der Waals surface area (Å²) in [6.07, 6.45) is 1.83. The highest BCUT2D eigenvalue weighted by Gasteiger charge is 2.28. The maximum absolute atomic E-state index is 12.5. The van der Waals surface area contributed by atoms with Gasteiger partial charge in [0.05, 0.1) is 10.9 Å². The molecule has 0 radical (unpaired) electrons. The van der Waals surface area contributed by atoms with Crippen molar-refractivity contribution in [3.63, 3.8) is 0 Å². The zero-order valence-corrected chi connectivity index (χ0v) is 10.9. The molecule has 1 aliphatic rings. The molecule has 1 aromatic heterocycles. The average molecular weight is 256 g/mol. The molecule has 19 heavy (non-hydrogen) atoms. The summed E-state index contributed by atoms with van der Waals surface area (Å²) in [5, 5.41) is 0.607. The third-order valence-corrected chi connectivity index (χ3v) is 3.42. The molecule has 0 atom stereocenters. The lowest BCUT2D eigenvalue weighted by Crippen LogP contribution is -2.39. The molecule has 0 saturated heterocycles. The molecular formula is C15H16N2O2. The lowest BCUT2D eigenvalue weighted by molar-refractivity contribution is 0.604. The van der Waals surface area contributed by atoms with E-state index in [0.29, 0.717) is 17.4 Å². The van der Waals surface area contributed by atoms with Crippen LogP contribution >= 0.6 is 0 Å². The van der Waals surface area contributed by atoms with Crippen molar-refractivity contribution in [2.45, 2.75) is 32.4 Å². The van der Waals surface area contributed by atoms with Crippen LogP contribution in [-0.4, -0.2) is 9.13 Å². The first kappa shape index (κ1) is 12.0. The molecule has 0 amide bonds. The number of fused-ring (bicyclic) bond motifs is 1. The van der Waals surface area contributed by atoms with Gasteiger partial charge in [-0.05, 0) is 31.9 Å². The van der Waals surface area contributed by atoms with Crippen LogP contribution in [0.3, 0.4) is 0 Å². The van der Waals surface area contributed by atoms with E-state index in [-0.39, 0.29) is 17.3 Å². The summed E-state index contributed by atoms with van der Waals surface area (Å²) in [4.78, 5) is 24.9. The predicted molar refractivity (Wildman–Crippen MR) is 75.6 cm³/mol. The van der Waals surface area contributed by atoms with Gasteiger partial charge in [-0.2, -0.15) is 0 Å². The van der Waals surface area contributed by atoms with Crippen molar-refractivity contribution in [3.05, 3.63) is 57.3 Å². The highest BCUT2D eigenvalue weighted by atomic mass is 16.2. The van der Waals surface area contributed by atoms with E-state index in [4.69, 9.17) is 0 Å². The lowest BCUT2D eigenvalue weighted by Gasteiger charge is -2.13. The molecule has 1 fully saturated rings. The van der Waals surface area contributed by atoms with Crippen LogP contribution in [0.1, 0.15) is 25.8 Å². The van der Waals surface area contributed by atoms with Crippen LogP contribution in [0.2, 0.25) is 0 Å². The molecule has 1 aliphatic carbocycles. The quantitative estimate of drug-likeness (QED) is 0.789. The summed E-state index contributed by atoms with van der Waals surface area (Å²) in [6.45, 7) is 6.20. The Hall–Kier alpha value is -2.10. The number of hydrogen-bond acceptors (Lipinski definition) is 2. The van der Waals surface area contributed by atoms with E-state index in [1.54, 1.807) is 10.6 Å². The third kappa shape index (κ3) is 1.93. The Morgan fingerprint density at radius 3 is 2.63 bits per heavy atom. The van der Waals surface area contributed by atoms with Crippen LogP contribution in [0.5, 0.6) is 0 Å². The van der Waals surface area contributed by atoms with Crippen LogP contribution in [-0.2, 0) is 6.54 Å². The van der Waals surface area contributed by atoms with Gasteiger partial charge >= 0.3 is 5.69 Å². The number of benzene rings is 1. The molecule has 0 N–H and O–H groups in total. The van der Waals surface area contributed by atoms with Gasteiger partial charge in [-0.15, -0.1) is 0 Å². The third-order valence-electron chi connectivity index (χ3n) is 3.42. The van der Waals surface area contributed by atoms with E-state index in [1.165, 1.54) is 4.57 Å². The van der Waals surface area contributed by atoms with E-state index < -0.39 is 0 Å². The Morgan fingerprint density at radius 1 is 1.32 bits per heavy atom. The fourth-order valence-corrected chi connectivity index (χ4v) is 2.42. The SMILES string of the molecule is C=C(C)Cn1c(=O)n(C2CC2)c(=O)c2ccccc21. The first-order valence-corrected chi connectivity index (χ1v) is 6.48. The van der Waals surface area contributed by atoms with Crippen LogP contribution in [0.25, 0.3) is 10.9 Å². The summed E-state index contributed by atoms with van der Waals surface area (Å²) >= 11 is 0. The first-order chi connectivity index (χ1) is 9.09. The molecule has 1 aromatic carbocycles. The monoisotopic (exact) mass is 256 g/mol. The zero-order chi connectivity index (χ0) is 13.6. The minimum absolute atomic E-state index is 0.0842. The maximum atomic E-state index is 12.5. The number of nitrogens with zero attached hydrogens (tertiary/aromatic N) is 2. The number of aromatic nitrogens is 2. The second-order valence-electron chi connectivity index (χ2n) is 5.25. The largest absolute Gasteiger partial charge is 0.332 e. The van der Waals surface area contributed by atoms with Crippen molar-refractivity contribution in [1.29, 1.82) is 0 Å². The lowest BCUT2D eigenvalue weighted by atomic mass is 10.2. The molecule has 1 saturated carbocycles. The van der Waals surface area contributed by atoms with Crippen LogP contribution in [0.15, 0.2) is 46.0 Å². The highest BCUT2D eigenvalue weighted by Crippen LogP contribution is 2.32. The Bertz CT molecular complexity index is 779. The van der Waals surface area contributed by atoms with Gasteiger partial charge in [0, 0.05) is 12.6 Å². The smallest absolute Gasteiger partial charge is 0.289 e. The summed E-state index contributed by atoms with van der Waals surface area (Å²) in [5.41, 5.74) is 1.21. The Morgan fingerprint density at radius 2 is 2.00 bits per heavy atom. The maximum Gasteiger partial charge on any atom is 0.332 e. The molecule has 3 rings (SSSR count). The van der Waals surface area contributed by atoms with Gasteiger partial charge in [0.1, 0.15) is 0 Å². The molecule has 4 heteroatoms. The number of para-hydroxylation sites is 1. The first-order valence-electron chi connectivity index (χ1n) is 6.48. The molecule has 0 unspecified atom stereocenters. The molecule has 98 valence electrons. The van der Waals surface area contributed by atoms with Gasteiger partial charge in [0.25, 0.3) is 5.56 Å². The van der Waals surface area contributed by atoms with E-state index in [0.717, 1.165) is 18.4 Å². The van der Waals surface area contributed by atoms with Gasteiger partial charge in [-0.3, -0.25) is 13.9 Å². The van der Waals surface area contributed by atoms with Gasteiger partial charge in [-0.1, -0.05) is 24.3 Å². The van der Waals surface area contributed by atoms with Crippen molar-refractivity contribution in [2.24, 2.45) is 0 Å². The number of allylic oxidation sites excluding steroid dienone is 1. The molecule has 1 heterocycles. The highest BCUT2D eigenvalue weighted by molar-refractivity contribution is 5.77. The predicted octanol–water partition coefficient (Wildman–Crippen LogP) is 2.07. The average Bonchev–Trinajstić information content (AvgIpc) is 3.19. The van der Waals surface area contributed by atoms with Crippen LogP contribution in [0.4, 0.5) is 0 Å². The molecule has 0 spiro atoms. The van der Waals surface area contributed by atoms with E-state index >= 15 is 0 Å². The Kier molecular flexibility index (Phi) is 2.66. The fourth-order valence-electron chi connectivity index (χ4n) is 2.42. The van der Waals surface area contributed by atoms with Gasteiger partial charge in [-0.25, -0.2) is 4.79 Å². The number of hydrogen-bond donors (Lipinski definition) is 0. The van der Waals surface area contributed by atoms with Gasteiger partial charge in [0.2, 0.25) is 0 Å². The summed E-state index contributed by atoms with van der Waals surface area (Å²) < 4.78 is 3.06. The van der Waals surface area contributed by atoms with E-state index in [9.17, 15) is 9.59 Å². The molecule has 0 bridgehead atoms. The summed E-state index contributed by atoms with van der Waals surface area (Å²) in [6, 6.07) is 7.36. The molecule has 0 aliphatic heterocycles. The van der Waals surface area contributed by atoms with Crippen LogP contribution in [0, 0.1) is 0 Å². The number of rotatable bonds is 3. The Labute approximate surface area is 110 Å². The molecular weight excluding hydrogens is 240 g/mol. The zero-order valence-electron chi connectivity index (χ0n) is 10.9. The topological polar surface area (TPSA) is 44.0 Å². The standard InChI is InChI=1S/C15H16N2O2/c1-10(2)9-16-13-6-4-3-5-12(13)14(18)17(15(16)19)11-7-8-11/h3-6,11H,1,7-9H2,2H3. The van der Waals surface area contributed by atoms with Crippen LogP contribution < -0.4 is 11.2 Å². The van der Waals surface area contributed by atoms with Gasteiger partial charge < -0.3 is 0 Å². The summed E-state index contributed by atoms with van der Waals surface area (Å²) in [5.74, 6) is 0. The minimum atomic E-state index is -0.214. The van der Waals surface area contributed by atoms with Crippen molar-refractivity contribution in [2.75, 3.05) is 0 Å². The van der Waals surface area contributed by atoms with Crippen molar-refractivity contribution >= 4 is 10.9 Å². The van der Waals surface area contributed by atoms with Crippen molar-refractivity contribution in [3.8, 4) is 0 Å².